The van der Waals surface area contributed by atoms with E-state index in [0.29, 0.717) is 23.7 Å². The highest BCUT2D eigenvalue weighted by Crippen LogP contribution is 2.65. The van der Waals surface area contributed by atoms with Gasteiger partial charge in [-0.05, 0) is 61.1 Å². The van der Waals surface area contributed by atoms with Crippen molar-refractivity contribution in [3.05, 3.63) is 41.5 Å². The lowest BCUT2D eigenvalue weighted by molar-refractivity contribution is -0.124. The molecule has 1 saturated heterocycles. The van der Waals surface area contributed by atoms with Crippen LogP contribution in [0.4, 0.5) is 5.69 Å². The fourth-order valence-corrected chi connectivity index (χ4v) is 5.17. The predicted molar refractivity (Wildman–Crippen MR) is 83.1 cm³/mol. The number of nitrogens with zero attached hydrogens (tertiary/aromatic N) is 1. The standard InChI is InChI=1S/C19H19NO2/c1-9-4-3-5-15(10(9)2)20-18(21)16-11-6-7-12(14-8-13(11)14)17(16)19(20)22/h3-7,11-14,16-17H,8H2,1-2H3/t11-,12+,13-,14-,16+,17+/m1/s1. The maximum atomic E-state index is 13.0. The number of rotatable bonds is 1. The molecule has 0 N–H and O–H groups in total. The highest BCUT2D eigenvalue weighted by Gasteiger charge is 2.67. The minimum absolute atomic E-state index is 0.0356. The zero-order valence-electron chi connectivity index (χ0n) is 12.8. The lowest BCUT2D eigenvalue weighted by Crippen LogP contribution is -2.40. The Morgan fingerprint density at radius 1 is 0.955 bits per heavy atom. The second-order valence-electron chi connectivity index (χ2n) is 7.39. The summed E-state index contributed by atoms with van der Waals surface area (Å²) in [6.07, 6.45) is 5.65. The van der Waals surface area contributed by atoms with Crippen LogP contribution in [-0.2, 0) is 9.59 Å². The molecule has 5 aliphatic rings. The Kier molecular flexibility index (Phi) is 2.23. The van der Waals surface area contributed by atoms with Crippen molar-refractivity contribution in [2.75, 3.05) is 4.90 Å². The average Bonchev–Trinajstić information content (AvgIpc) is 3.28. The van der Waals surface area contributed by atoms with Crippen LogP contribution in [0.2, 0.25) is 0 Å². The summed E-state index contributed by atoms with van der Waals surface area (Å²) in [5.74, 6) is 1.77. The Bertz CT molecular complexity index is 714. The molecule has 3 fully saturated rings. The molecule has 2 bridgehead atoms. The number of benzene rings is 1. The molecule has 1 aromatic rings. The van der Waals surface area contributed by atoms with E-state index in [1.54, 1.807) is 0 Å². The number of imide groups is 1. The van der Waals surface area contributed by atoms with Gasteiger partial charge in [0, 0.05) is 0 Å². The number of carbonyl (C=O) groups is 2. The van der Waals surface area contributed by atoms with Gasteiger partial charge < -0.3 is 0 Å². The van der Waals surface area contributed by atoms with Gasteiger partial charge in [0.05, 0.1) is 17.5 Å². The zero-order chi connectivity index (χ0) is 15.2. The molecule has 3 nitrogen and oxygen atoms in total. The zero-order valence-corrected chi connectivity index (χ0v) is 12.8. The highest BCUT2D eigenvalue weighted by atomic mass is 16.2. The molecule has 2 amide bonds. The quantitative estimate of drug-likeness (QED) is 0.590. The molecule has 1 aromatic carbocycles. The lowest BCUT2D eigenvalue weighted by atomic mass is 9.63. The number of allylic oxidation sites excluding steroid dienone is 2. The van der Waals surface area contributed by atoms with E-state index >= 15 is 0 Å². The van der Waals surface area contributed by atoms with Crippen molar-refractivity contribution in [1.82, 2.24) is 0 Å². The van der Waals surface area contributed by atoms with Gasteiger partial charge in [0.15, 0.2) is 0 Å². The SMILES string of the molecule is Cc1cccc(N2C(=O)[C@H]3[C@@H]4C=C[C@@H]([C@H]5C[C@H]45)[C@@H]3C2=O)c1C. The highest BCUT2D eigenvalue weighted by molar-refractivity contribution is 6.23. The van der Waals surface area contributed by atoms with Crippen LogP contribution in [0.5, 0.6) is 0 Å². The third-order valence-electron chi connectivity index (χ3n) is 6.48. The van der Waals surface area contributed by atoms with Crippen LogP contribution in [0.3, 0.4) is 0 Å². The number of amides is 2. The largest absolute Gasteiger partial charge is 0.274 e. The minimum Gasteiger partial charge on any atom is -0.274 e. The number of carbonyl (C=O) groups excluding carboxylic acids is 2. The van der Waals surface area contributed by atoms with Gasteiger partial charge in [0.1, 0.15) is 0 Å². The first kappa shape index (κ1) is 12.6. The molecule has 0 aromatic heterocycles. The van der Waals surface area contributed by atoms with Crippen LogP contribution in [0, 0.1) is 49.4 Å². The number of aryl methyl sites for hydroxylation is 1. The second-order valence-corrected chi connectivity index (χ2v) is 7.39. The van der Waals surface area contributed by atoms with Crippen LogP contribution in [-0.4, -0.2) is 11.8 Å². The molecule has 1 heterocycles. The molecular weight excluding hydrogens is 274 g/mol. The maximum Gasteiger partial charge on any atom is 0.238 e. The Hall–Kier alpha value is -1.90. The number of anilines is 1. The summed E-state index contributed by atoms with van der Waals surface area (Å²) in [6.45, 7) is 4.02. The molecule has 3 heteroatoms. The lowest BCUT2D eigenvalue weighted by Gasteiger charge is -2.37. The fourth-order valence-electron chi connectivity index (χ4n) is 5.17. The molecule has 6 rings (SSSR count). The topological polar surface area (TPSA) is 37.4 Å². The molecule has 1 aliphatic heterocycles. The summed E-state index contributed by atoms with van der Waals surface area (Å²) in [7, 11) is 0. The third kappa shape index (κ3) is 1.33. The summed E-state index contributed by atoms with van der Waals surface area (Å²) < 4.78 is 0. The maximum absolute atomic E-state index is 13.0. The monoisotopic (exact) mass is 293 g/mol. The molecule has 112 valence electrons. The van der Waals surface area contributed by atoms with E-state index in [9.17, 15) is 9.59 Å². The van der Waals surface area contributed by atoms with E-state index in [-0.39, 0.29) is 23.7 Å². The van der Waals surface area contributed by atoms with Crippen LogP contribution in [0.15, 0.2) is 30.4 Å². The minimum atomic E-state index is -0.105. The van der Waals surface area contributed by atoms with Crippen LogP contribution in [0.1, 0.15) is 17.5 Å². The van der Waals surface area contributed by atoms with E-state index in [4.69, 9.17) is 0 Å². The predicted octanol–water partition coefficient (Wildman–Crippen LogP) is 2.86. The molecule has 0 radical (unpaired) electrons. The normalized spacial score (nSPS) is 40.9. The Morgan fingerprint density at radius 2 is 1.55 bits per heavy atom. The number of hydrogen-bond donors (Lipinski definition) is 0. The van der Waals surface area contributed by atoms with E-state index in [2.05, 4.69) is 12.2 Å². The van der Waals surface area contributed by atoms with E-state index in [0.717, 1.165) is 16.8 Å². The van der Waals surface area contributed by atoms with Crippen LogP contribution >= 0.6 is 0 Å². The fraction of sp³-hybridized carbons (Fsp3) is 0.474. The summed E-state index contributed by atoms with van der Waals surface area (Å²) >= 11 is 0. The van der Waals surface area contributed by atoms with E-state index in [1.807, 2.05) is 32.0 Å². The van der Waals surface area contributed by atoms with Crippen LogP contribution in [0.25, 0.3) is 0 Å². The summed E-state index contributed by atoms with van der Waals surface area (Å²) in [5, 5.41) is 0. The first-order chi connectivity index (χ1) is 10.6. The molecule has 0 spiro atoms. The second kappa shape index (κ2) is 3.89. The van der Waals surface area contributed by atoms with Gasteiger partial charge in [-0.15, -0.1) is 0 Å². The van der Waals surface area contributed by atoms with Gasteiger partial charge in [-0.3, -0.25) is 9.59 Å². The van der Waals surface area contributed by atoms with Crippen molar-refractivity contribution in [3.63, 3.8) is 0 Å². The summed E-state index contributed by atoms with van der Waals surface area (Å²) in [5.41, 5.74) is 2.95. The smallest absolute Gasteiger partial charge is 0.238 e. The van der Waals surface area contributed by atoms with Crippen molar-refractivity contribution in [3.8, 4) is 0 Å². The van der Waals surface area contributed by atoms with Gasteiger partial charge in [0.25, 0.3) is 0 Å². The summed E-state index contributed by atoms with van der Waals surface area (Å²) in [6, 6.07) is 5.87. The molecule has 4 aliphatic carbocycles. The van der Waals surface area contributed by atoms with Crippen molar-refractivity contribution in [1.29, 1.82) is 0 Å². The molecule has 6 atom stereocenters. The first-order valence-corrected chi connectivity index (χ1v) is 8.22. The number of hydrogen-bond acceptors (Lipinski definition) is 2. The van der Waals surface area contributed by atoms with Gasteiger partial charge in [0.2, 0.25) is 11.8 Å². The van der Waals surface area contributed by atoms with Gasteiger partial charge in [-0.1, -0.05) is 24.3 Å². The third-order valence-corrected chi connectivity index (χ3v) is 6.48. The first-order valence-electron chi connectivity index (χ1n) is 8.22. The van der Waals surface area contributed by atoms with Gasteiger partial charge >= 0.3 is 0 Å². The summed E-state index contributed by atoms with van der Waals surface area (Å²) in [4.78, 5) is 27.6. The van der Waals surface area contributed by atoms with E-state index in [1.165, 1.54) is 11.3 Å². The van der Waals surface area contributed by atoms with Crippen molar-refractivity contribution < 1.29 is 9.59 Å². The van der Waals surface area contributed by atoms with Crippen LogP contribution < -0.4 is 4.90 Å². The molecular formula is C19H19NO2. The van der Waals surface area contributed by atoms with Gasteiger partial charge in [-0.25, -0.2) is 4.90 Å². The Morgan fingerprint density at radius 3 is 2.14 bits per heavy atom. The van der Waals surface area contributed by atoms with Gasteiger partial charge in [-0.2, -0.15) is 0 Å². The van der Waals surface area contributed by atoms with Crippen molar-refractivity contribution in [2.24, 2.45) is 35.5 Å². The average molecular weight is 293 g/mol. The van der Waals surface area contributed by atoms with Crippen molar-refractivity contribution >= 4 is 17.5 Å². The molecule has 2 saturated carbocycles. The molecule has 22 heavy (non-hydrogen) atoms. The van der Waals surface area contributed by atoms with E-state index < -0.39 is 0 Å². The Balaban J connectivity index is 1.62. The van der Waals surface area contributed by atoms with Crippen molar-refractivity contribution in [2.45, 2.75) is 20.3 Å². The Labute approximate surface area is 130 Å². The molecule has 0 unspecified atom stereocenters.